The van der Waals surface area contributed by atoms with E-state index in [9.17, 15) is 4.79 Å². The van der Waals surface area contributed by atoms with Crippen LogP contribution in [0.5, 0.6) is 5.75 Å². The summed E-state index contributed by atoms with van der Waals surface area (Å²) in [5.74, 6) is 1.07. The minimum Gasteiger partial charge on any atom is -0.494 e. The number of piperazine rings is 1. The van der Waals surface area contributed by atoms with Crippen molar-refractivity contribution in [3.63, 3.8) is 0 Å². The van der Waals surface area contributed by atoms with Gasteiger partial charge in [0.05, 0.1) is 16.8 Å². The number of halogens is 1. The molecule has 0 atom stereocenters. The van der Waals surface area contributed by atoms with E-state index in [2.05, 4.69) is 33.0 Å². The molecule has 1 aliphatic rings. The molecule has 1 aromatic carbocycles. The minimum absolute atomic E-state index is 0.211. The Kier molecular flexibility index (Phi) is 6.51. The smallest absolute Gasteiger partial charge is 0.227 e. The van der Waals surface area contributed by atoms with Crippen molar-refractivity contribution in [2.75, 3.05) is 32.8 Å². The molecule has 1 saturated heterocycles. The van der Waals surface area contributed by atoms with Gasteiger partial charge in [-0.05, 0) is 52.7 Å². The zero-order valence-electron chi connectivity index (χ0n) is 14.4. The van der Waals surface area contributed by atoms with Gasteiger partial charge in [-0.1, -0.05) is 12.1 Å². The van der Waals surface area contributed by atoms with Gasteiger partial charge in [-0.15, -0.1) is 11.3 Å². The van der Waals surface area contributed by atoms with Crippen LogP contribution in [0.3, 0.4) is 0 Å². The Morgan fingerprint density at radius 1 is 1.12 bits per heavy atom. The van der Waals surface area contributed by atoms with Crippen LogP contribution < -0.4 is 4.74 Å². The fourth-order valence-electron chi connectivity index (χ4n) is 2.97. The first-order valence-corrected chi connectivity index (χ1v) is 10.2. The third kappa shape index (κ3) is 5.30. The molecule has 1 fully saturated rings. The topological polar surface area (TPSA) is 32.8 Å². The number of nitrogens with zero attached hydrogens (tertiary/aromatic N) is 2. The van der Waals surface area contributed by atoms with Gasteiger partial charge in [0.15, 0.2) is 0 Å². The number of ether oxygens (including phenoxy) is 1. The van der Waals surface area contributed by atoms with Crippen LogP contribution in [0.15, 0.2) is 40.2 Å². The number of amides is 1. The van der Waals surface area contributed by atoms with Gasteiger partial charge >= 0.3 is 0 Å². The van der Waals surface area contributed by atoms with Crippen molar-refractivity contribution in [1.29, 1.82) is 0 Å². The van der Waals surface area contributed by atoms with Crippen LogP contribution in [0.1, 0.15) is 17.4 Å². The van der Waals surface area contributed by atoms with E-state index in [1.54, 1.807) is 11.3 Å². The second-order valence-corrected chi connectivity index (χ2v) is 8.66. The minimum atomic E-state index is 0.211. The molecule has 2 heterocycles. The van der Waals surface area contributed by atoms with Crippen molar-refractivity contribution in [1.82, 2.24) is 9.80 Å². The predicted molar refractivity (Wildman–Crippen MR) is 105 cm³/mol. The monoisotopic (exact) mass is 422 g/mol. The number of rotatable bonds is 6. The van der Waals surface area contributed by atoms with Crippen LogP contribution in [0.4, 0.5) is 0 Å². The maximum absolute atomic E-state index is 12.5. The molecule has 0 radical (unpaired) electrons. The van der Waals surface area contributed by atoms with Crippen LogP contribution in [0, 0.1) is 0 Å². The molecule has 0 spiro atoms. The first-order valence-electron chi connectivity index (χ1n) is 8.60. The molecule has 25 heavy (non-hydrogen) atoms. The summed E-state index contributed by atoms with van der Waals surface area (Å²) in [6, 6.07) is 12.1. The summed E-state index contributed by atoms with van der Waals surface area (Å²) >= 11 is 5.29. The maximum Gasteiger partial charge on any atom is 0.227 e. The van der Waals surface area contributed by atoms with E-state index in [0.29, 0.717) is 13.0 Å². The van der Waals surface area contributed by atoms with Crippen molar-refractivity contribution in [2.24, 2.45) is 0 Å². The highest BCUT2D eigenvalue weighted by molar-refractivity contribution is 9.11. The summed E-state index contributed by atoms with van der Waals surface area (Å²) in [5, 5.41) is 0. The average Bonchev–Trinajstić information content (AvgIpc) is 3.02. The predicted octanol–water partition coefficient (Wildman–Crippen LogP) is 3.80. The number of hydrogen-bond acceptors (Lipinski definition) is 4. The molecule has 1 aliphatic heterocycles. The second-order valence-electron chi connectivity index (χ2n) is 6.12. The van der Waals surface area contributed by atoms with E-state index in [-0.39, 0.29) is 5.91 Å². The number of thiophene rings is 1. The standard InChI is InChI=1S/C19H23BrN2O2S/c1-2-24-16-5-3-15(4-6-16)13-19(23)22-11-9-21(10-12-22)14-17-7-8-18(20)25-17/h3-8H,2,9-14H2,1H3. The van der Waals surface area contributed by atoms with Crippen LogP contribution in [0.25, 0.3) is 0 Å². The Bertz CT molecular complexity index is 694. The lowest BCUT2D eigenvalue weighted by molar-refractivity contribution is -0.132. The molecule has 0 N–H and O–H groups in total. The quantitative estimate of drug-likeness (QED) is 0.709. The molecule has 3 rings (SSSR count). The van der Waals surface area contributed by atoms with Crippen molar-refractivity contribution in [3.8, 4) is 5.75 Å². The zero-order valence-corrected chi connectivity index (χ0v) is 16.8. The van der Waals surface area contributed by atoms with Crippen molar-refractivity contribution in [3.05, 3.63) is 50.6 Å². The Morgan fingerprint density at radius 2 is 1.84 bits per heavy atom. The third-order valence-corrected chi connectivity index (χ3v) is 5.93. The second kappa shape index (κ2) is 8.83. The molecule has 0 saturated carbocycles. The highest BCUT2D eigenvalue weighted by Crippen LogP contribution is 2.23. The zero-order chi connectivity index (χ0) is 17.6. The molecule has 0 bridgehead atoms. The molecule has 2 aromatic rings. The fraction of sp³-hybridized carbons (Fsp3) is 0.421. The van der Waals surface area contributed by atoms with Crippen LogP contribution in [-0.2, 0) is 17.8 Å². The number of hydrogen-bond donors (Lipinski definition) is 0. The van der Waals surface area contributed by atoms with Gasteiger partial charge in [-0.25, -0.2) is 0 Å². The largest absolute Gasteiger partial charge is 0.494 e. The van der Waals surface area contributed by atoms with Crippen molar-refractivity contribution in [2.45, 2.75) is 19.9 Å². The van der Waals surface area contributed by atoms with E-state index in [0.717, 1.165) is 44.0 Å². The summed E-state index contributed by atoms with van der Waals surface area (Å²) in [7, 11) is 0. The van der Waals surface area contributed by atoms with Gasteiger partial charge in [0.2, 0.25) is 5.91 Å². The molecule has 0 unspecified atom stereocenters. The summed E-state index contributed by atoms with van der Waals surface area (Å²) < 4.78 is 6.61. The summed E-state index contributed by atoms with van der Waals surface area (Å²) in [6.45, 7) is 7.08. The van der Waals surface area contributed by atoms with E-state index < -0.39 is 0 Å². The van der Waals surface area contributed by atoms with Crippen molar-refractivity contribution >= 4 is 33.2 Å². The maximum atomic E-state index is 12.5. The van der Waals surface area contributed by atoms with Gasteiger partial charge in [0.1, 0.15) is 5.75 Å². The SMILES string of the molecule is CCOc1ccc(CC(=O)N2CCN(Cc3ccc(Br)s3)CC2)cc1. The van der Waals surface area contributed by atoms with Gasteiger partial charge in [-0.3, -0.25) is 9.69 Å². The lowest BCUT2D eigenvalue weighted by Crippen LogP contribution is -2.48. The van der Waals surface area contributed by atoms with Gasteiger partial charge < -0.3 is 9.64 Å². The molecule has 0 aliphatic carbocycles. The van der Waals surface area contributed by atoms with Crippen LogP contribution in [-0.4, -0.2) is 48.5 Å². The van der Waals surface area contributed by atoms with E-state index in [4.69, 9.17) is 4.74 Å². The molecule has 1 aromatic heterocycles. The lowest BCUT2D eigenvalue weighted by atomic mass is 10.1. The number of carbonyl (C=O) groups is 1. The molecule has 4 nitrogen and oxygen atoms in total. The molecule has 1 amide bonds. The first kappa shape index (κ1) is 18.4. The average molecular weight is 423 g/mol. The first-order chi connectivity index (χ1) is 12.1. The summed E-state index contributed by atoms with van der Waals surface area (Å²) in [5.41, 5.74) is 1.04. The van der Waals surface area contributed by atoms with Crippen molar-refractivity contribution < 1.29 is 9.53 Å². The highest BCUT2D eigenvalue weighted by Gasteiger charge is 2.21. The summed E-state index contributed by atoms with van der Waals surface area (Å²) in [6.07, 6.45) is 0.463. The fourth-order valence-corrected chi connectivity index (χ4v) is 4.49. The van der Waals surface area contributed by atoms with E-state index >= 15 is 0 Å². The lowest BCUT2D eigenvalue weighted by Gasteiger charge is -2.34. The normalized spacial score (nSPS) is 15.4. The molecule has 134 valence electrons. The van der Waals surface area contributed by atoms with Crippen LogP contribution in [0.2, 0.25) is 0 Å². The Labute approximate surface area is 161 Å². The van der Waals surface area contributed by atoms with Gasteiger partial charge in [0.25, 0.3) is 0 Å². The summed E-state index contributed by atoms with van der Waals surface area (Å²) in [4.78, 5) is 18.3. The van der Waals surface area contributed by atoms with E-state index in [1.165, 1.54) is 8.66 Å². The Hall–Kier alpha value is -1.37. The van der Waals surface area contributed by atoms with Gasteiger partial charge in [0, 0.05) is 37.6 Å². The van der Waals surface area contributed by atoms with E-state index in [1.807, 2.05) is 36.1 Å². The molecular weight excluding hydrogens is 400 g/mol. The molecule has 6 heteroatoms. The number of carbonyl (C=O) groups excluding carboxylic acids is 1. The Morgan fingerprint density at radius 3 is 2.44 bits per heavy atom. The third-order valence-electron chi connectivity index (χ3n) is 4.32. The highest BCUT2D eigenvalue weighted by atomic mass is 79.9. The number of benzene rings is 1. The Balaban J connectivity index is 1.46. The van der Waals surface area contributed by atoms with Crippen LogP contribution >= 0.6 is 27.3 Å². The van der Waals surface area contributed by atoms with Gasteiger partial charge in [-0.2, -0.15) is 0 Å². The molecular formula is C19H23BrN2O2S.